The Morgan fingerprint density at radius 3 is 2.46 bits per heavy atom. The van der Waals surface area contributed by atoms with Crippen LogP contribution in [0.25, 0.3) is 10.8 Å². The number of anilines is 2. The number of aromatic nitrogens is 2. The van der Waals surface area contributed by atoms with Crippen molar-refractivity contribution in [3.05, 3.63) is 95.9 Å². The summed E-state index contributed by atoms with van der Waals surface area (Å²) < 4.78 is 0. The molecule has 0 saturated carbocycles. The molecule has 0 atom stereocenters. The molecule has 0 bridgehead atoms. The van der Waals surface area contributed by atoms with Gasteiger partial charge in [0.1, 0.15) is 5.82 Å². The molecule has 0 unspecified atom stereocenters. The Kier molecular flexibility index (Phi) is 4.61. The summed E-state index contributed by atoms with van der Waals surface area (Å²) in [6.45, 7) is 2.17. The third kappa shape index (κ3) is 3.42. The van der Waals surface area contributed by atoms with Gasteiger partial charge in [0.25, 0.3) is 0 Å². The Morgan fingerprint density at radius 2 is 1.65 bits per heavy atom. The molecule has 0 aliphatic carbocycles. The van der Waals surface area contributed by atoms with Gasteiger partial charge in [0.15, 0.2) is 0 Å². The molecule has 2 heterocycles. The molecular weight excluding hydrogens is 318 g/mol. The van der Waals surface area contributed by atoms with Crippen molar-refractivity contribution in [3.63, 3.8) is 0 Å². The van der Waals surface area contributed by atoms with Gasteiger partial charge >= 0.3 is 0 Å². The SMILES string of the molecule is CCc1cccc(Nc2ncc(Cc3ccncc3)c3ccccc23)c1. The average molecular weight is 339 g/mol. The van der Waals surface area contributed by atoms with E-state index in [1.54, 1.807) is 0 Å². The molecule has 4 rings (SSSR count). The van der Waals surface area contributed by atoms with Gasteiger partial charge in [-0.05, 0) is 59.2 Å². The van der Waals surface area contributed by atoms with Crippen LogP contribution in [0.4, 0.5) is 11.5 Å². The minimum atomic E-state index is 0.849. The molecule has 26 heavy (non-hydrogen) atoms. The molecule has 0 fully saturated rings. The first-order valence-corrected chi connectivity index (χ1v) is 8.95. The van der Waals surface area contributed by atoms with Gasteiger partial charge in [-0.2, -0.15) is 0 Å². The lowest BCUT2D eigenvalue weighted by Crippen LogP contribution is -1.99. The number of fused-ring (bicyclic) bond motifs is 1. The first-order chi connectivity index (χ1) is 12.8. The van der Waals surface area contributed by atoms with Gasteiger partial charge in [-0.1, -0.05) is 43.3 Å². The number of benzene rings is 2. The molecule has 4 aromatic rings. The lowest BCUT2D eigenvalue weighted by Gasteiger charge is -2.13. The fraction of sp³-hybridized carbons (Fsp3) is 0.130. The minimum absolute atomic E-state index is 0.849. The summed E-state index contributed by atoms with van der Waals surface area (Å²) in [5.74, 6) is 0.896. The first kappa shape index (κ1) is 16.3. The normalized spacial score (nSPS) is 10.8. The smallest absolute Gasteiger partial charge is 0.138 e. The summed E-state index contributed by atoms with van der Waals surface area (Å²) in [6, 6.07) is 21.0. The van der Waals surface area contributed by atoms with Gasteiger partial charge < -0.3 is 5.32 Å². The van der Waals surface area contributed by atoms with Crippen LogP contribution in [0.2, 0.25) is 0 Å². The lowest BCUT2D eigenvalue weighted by molar-refractivity contribution is 1.14. The third-order valence-corrected chi connectivity index (χ3v) is 4.62. The Morgan fingerprint density at radius 1 is 0.846 bits per heavy atom. The molecule has 128 valence electrons. The molecule has 0 amide bonds. The number of aryl methyl sites for hydroxylation is 1. The molecule has 0 aliphatic heterocycles. The van der Waals surface area contributed by atoms with E-state index in [2.05, 4.69) is 77.9 Å². The molecule has 0 aliphatic rings. The second-order valence-corrected chi connectivity index (χ2v) is 6.39. The highest BCUT2D eigenvalue weighted by atomic mass is 15.0. The molecule has 3 heteroatoms. The van der Waals surface area contributed by atoms with Crippen LogP contribution in [0.15, 0.2) is 79.3 Å². The van der Waals surface area contributed by atoms with E-state index in [1.165, 1.54) is 22.1 Å². The molecule has 0 radical (unpaired) electrons. The summed E-state index contributed by atoms with van der Waals surface area (Å²) in [5, 5.41) is 5.86. The average Bonchev–Trinajstić information content (AvgIpc) is 2.71. The highest BCUT2D eigenvalue weighted by Crippen LogP contribution is 2.28. The zero-order valence-electron chi connectivity index (χ0n) is 14.8. The van der Waals surface area contributed by atoms with Crippen molar-refractivity contribution in [2.24, 2.45) is 0 Å². The van der Waals surface area contributed by atoms with Crippen LogP contribution in [-0.2, 0) is 12.8 Å². The molecule has 0 saturated heterocycles. The summed E-state index contributed by atoms with van der Waals surface area (Å²) in [5.41, 5.74) is 4.85. The van der Waals surface area contributed by atoms with E-state index in [4.69, 9.17) is 4.98 Å². The Labute approximate surface area is 153 Å². The third-order valence-electron chi connectivity index (χ3n) is 4.62. The monoisotopic (exact) mass is 339 g/mol. The van der Waals surface area contributed by atoms with Crippen molar-refractivity contribution in [3.8, 4) is 0 Å². The first-order valence-electron chi connectivity index (χ1n) is 8.95. The van der Waals surface area contributed by atoms with Crippen LogP contribution >= 0.6 is 0 Å². The van der Waals surface area contributed by atoms with Gasteiger partial charge in [-0.15, -0.1) is 0 Å². The molecule has 3 nitrogen and oxygen atoms in total. The van der Waals surface area contributed by atoms with E-state index in [1.807, 2.05) is 18.6 Å². The van der Waals surface area contributed by atoms with Crippen molar-refractivity contribution in [1.29, 1.82) is 0 Å². The van der Waals surface area contributed by atoms with Crippen LogP contribution < -0.4 is 5.32 Å². The van der Waals surface area contributed by atoms with Crippen molar-refractivity contribution in [2.45, 2.75) is 19.8 Å². The topological polar surface area (TPSA) is 37.8 Å². The predicted molar refractivity (Wildman–Crippen MR) is 108 cm³/mol. The summed E-state index contributed by atoms with van der Waals surface area (Å²) in [7, 11) is 0. The fourth-order valence-electron chi connectivity index (χ4n) is 3.22. The molecule has 2 aromatic heterocycles. The maximum Gasteiger partial charge on any atom is 0.138 e. The Hall–Kier alpha value is -3.20. The van der Waals surface area contributed by atoms with Gasteiger partial charge in [0.2, 0.25) is 0 Å². The zero-order valence-corrected chi connectivity index (χ0v) is 14.8. The van der Waals surface area contributed by atoms with E-state index >= 15 is 0 Å². The van der Waals surface area contributed by atoms with Gasteiger partial charge in [0, 0.05) is 29.7 Å². The van der Waals surface area contributed by atoms with E-state index in [0.29, 0.717) is 0 Å². The molecule has 1 N–H and O–H groups in total. The number of nitrogens with zero attached hydrogens (tertiary/aromatic N) is 2. The maximum atomic E-state index is 4.73. The maximum absolute atomic E-state index is 4.73. The Balaban J connectivity index is 1.72. The summed E-state index contributed by atoms with van der Waals surface area (Å²) in [6.07, 6.45) is 7.52. The number of pyridine rings is 2. The van der Waals surface area contributed by atoms with Gasteiger partial charge in [-0.3, -0.25) is 4.98 Å². The largest absolute Gasteiger partial charge is 0.340 e. The van der Waals surface area contributed by atoms with Crippen LogP contribution in [-0.4, -0.2) is 9.97 Å². The highest BCUT2D eigenvalue weighted by molar-refractivity contribution is 5.95. The van der Waals surface area contributed by atoms with Crippen molar-refractivity contribution >= 4 is 22.3 Å². The number of hydrogen-bond acceptors (Lipinski definition) is 3. The zero-order chi connectivity index (χ0) is 17.8. The number of rotatable bonds is 5. The summed E-state index contributed by atoms with van der Waals surface area (Å²) >= 11 is 0. The predicted octanol–water partition coefficient (Wildman–Crippen LogP) is 5.53. The second-order valence-electron chi connectivity index (χ2n) is 6.39. The molecule has 2 aromatic carbocycles. The highest BCUT2D eigenvalue weighted by Gasteiger charge is 2.08. The van der Waals surface area contributed by atoms with Crippen LogP contribution in [0.3, 0.4) is 0 Å². The van der Waals surface area contributed by atoms with E-state index < -0.39 is 0 Å². The molecule has 0 spiro atoms. The van der Waals surface area contributed by atoms with Gasteiger partial charge in [-0.25, -0.2) is 4.98 Å². The van der Waals surface area contributed by atoms with E-state index in [-0.39, 0.29) is 0 Å². The quantitative estimate of drug-likeness (QED) is 0.520. The van der Waals surface area contributed by atoms with E-state index in [0.717, 1.165) is 29.7 Å². The number of hydrogen-bond donors (Lipinski definition) is 1. The van der Waals surface area contributed by atoms with Crippen molar-refractivity contribution < 1.29 is 0 Å². The summed E-state index contributed by atoms with van der Waals surface area (Å²) in [4.78, 5) is 8.83. The van der Waals surface area contributed by atoms with E-state index in [9.17, 15) is 0 Å². The molecular formula is C23H21N3. The number of nitrogens with one attached hydrogen (secondary N) is 1. The second kappa shape index (κ2) is 7.36. The minimum Gasteiger partial charge on any atom is -0.340 e. The van der Waals surface area contributed by atoms with Crippen LogP contribution in [0, 0.1) is 0 Å². The standard InChI is InChI=1S/C23H21N3/c1-2-17-6-5-7-20(15-17)26-23-22-9-4-3-8-21(22)19(16-25-23)14-18-10-12-24-13-11-18/h3-13,15-16H,2,14H2,1H3,(H,25,26). The fourth-order valence-corrected chi connectivity index (χ4v) is 3.22. The Bertz CT molecular complexity index is 1030. The van der Waals surface area contributed by atoms with Crippen molar-refractivity contribution in [2.75, 3.05) is 5.32 Å². The lowest BCUT2D eigenvalue weighted by atomic mass is 10.0. The van der Waals surface area contributed by atoms with Crippen LogP contribution in [0.5, 0.6) is 0 Å². The van der Waals surface area contributed by atoms with Gasteiger partial charge in [0.05, 0.1) is 0 Å². The van der Waals surface area contributed by atoms with Crippen molar-refractivity contribution in [1.82, 2.24) is 9.97 Å². The van der Waals surface area contributed by atoms with Crippen LogP contribution in [0.1, 0.15) is 23.6 Å².